The fraction of sp³-hybridized carbons (Fsp3) is 0.133. The molecule has 0 saturated heterocycles. The number of rotatable bonds is 2. The molecule has 6 heteroatoms. The Morgan fingerprint density at radius 1 is 1.14 bits per heavy atom. The van der Waals surface area contributed by atoms with Gasteiger partial charge in [-0.05, 0) is 37.6 Å². The molecule has 3 aromatic rings. The molecule has 0 fully saturated rings. The van der Waals surface area contributed by atoms with E-state index in [0.29, 0.717) is 22.5 Å². The first kappa shape index (κ1) is 13.2. The molecule has 1 aromatic carbocycles. The van der Waals surface area contributed by atoms with Gasteiger partial charge in [0.2, 0.25) is 5.88 Å². The molecule has 0 aliphatic heterocycles. The van der Waals surface area contributed by atoms with E-state index in [-0.39, 0.29) is 11.7 Å². The third-order valence-corrected chi connectivity index (χ3v) is 3.19. The molecule has 106 valence electrons. The van der Waals surface area contributed by atoms with Gasteiger partial charge < -0.3 is 10.3 Å². The van der Waals surface area contributed by atoms with E-state index >= 15 is 0 Å². The highest BCUT2D eigenvalue weighted by molar-refractivity contribution is 5.87. The summed E-state index contributed by atoms with van der Waals surface area (Å²) in [6.45, 7) is 3.66. The van der Waals surface area contributed by atoms with Gasteiger partial charge in [-0.1, -0.05) is 17.3 Å². The fourth-order valence-electron chi connectivity index (χ4n) is 2.20. The molecule has 2 heterocycles. The minimum Gasteiger partial charge on any atom is -0.367 e. The summed E-state index contributed by atoms with van der Waals surface area (Å²) in [5.74, 6) is -0.204. The third kappa shape index (κ3) is 2.35. The van der Waals surface area contributed by atoms with E-state index in [0.717, 1.165) is 11.3 Å². The van der Waals surface area contributed by atoms with Crippen molar-refractivity contribution in [3.63, 3.8) is 0 Å². The summed E-state index contributed by atoms with van der Waals surface area (Å²) in [5, 5.41) is 12.1. The second-order valence-electron chi connectivity index (χ2n) is 4.77. The minimum atomic E-state index is -0.347. The van der Waals surface area contributed by atoms with Gasteiger partial charge in [-0.3, -0.25) is 0 Å². The van der Waals surface area contributed by atoms with Crippen LogP contribution < -0.4 is 5.73 Å². The van der Waals surface area contributed by atoms with Gasteiger partial charge in [0.25, 0.3) is 0 Å². The zero-order valence-electron chi connectivity index (χ0n) is 11.6. The van der Waals surface area contributed by atoms with Crippen molar-refractivity contribution in [3.8, 4) is 22.4 Å². The number of aromatic nitrogens is 3. The van der Waals surface area contributed by atoms with Crippen molar-refractivity contribution < 1.29 is 8.91 Å². The lowest BCUT2D eigenvalue weighted by molar-refractivity contribution is 0.439. The average molecular weight is 284 g/mol. The predicted octanol–water partition coefficient (Wildman–Crippen LogP) is 3.14. The molecule has 0 amide bonds. The van der Waals surface area contributed by atoms with Crippen LogP contribution in [-0.4, -0.2) is 15.4 Å². The highest BCUT2D eigenvalue weighted by Gasteiger charge is 2.20. The van der Waals surface area contributed by atoms with Crippen LogP contribution in [0.2, 0.25) is 0 Å². The average Bonchev–Trinajstić information content (AvgIpc) is 2.83. The van der Waals surface area contributed by atoms with Gasteiger partial charge in [0.05, 0.1) is 17.0 Å². The van der Waals surface area contributed by atoms with Crippen LogP contribution in [0.5, 0.6) is 0 Å². The van der Waals surface area contributed by atoms with Gasteiger partial charge in [0.15, 0.2) is 0 Å². The van der Waals surface area contributed by atoms with Gasteiger partial charge >= 0.3 is 0 Å². The second-order valence-corrected chi connectivity index (χ2v) is 4.77. The Balaban J connectivity index is 2.24. The molecule has 3 rings (SSSR count). The van der Waals surface area contributed by atoms with Crippen LogP contribution in [0.3, 0.4) is 0 Å². The maximum absolute atomic E-state index is 13.5. The number of aryl methyl sites for hydroxylation is 2. The predicted molar refractivity (Wildman–Crippen MR) is 76.8 cm³/mol. The summed E-state index contributed by atoms with van der Waals surface area (Å²) in [7, 11) is 0. The summed E-state index contributed by atoms with van der Waals surface area (Å²) < 4.78 is 18.6. The zero-order valence-corrected chi connectivity index (χ0v) is 11.6. The molecule has 0 bridgehead atoms. The van der Waals surface area contributed by atoms with Crippen LogP contribution >= 0.6 is 0 Å². The van der Waals surface area contributed by atoms with Crippen LogP contribution in [0, 0.1) is 19.7 Å². The van der Waals surface area contributed by atoms with Gasteiger partial charge in [0.1, 0.15) is 11.5 Å². The Morgan fingerprint density at radius 3 is 2.71 bits per heavy atom. The van der Waals surface area contributed by atoms with E-state index < -0.39 is 0 Å². The highest BCUT2D eigenvalue weighted by atomic mass is 19.1. The maximum Gasteiger partial charge on any atom is 0.230 e. The molecule has 0 aliphatic carbocycles. The second kappa shape index (κ2) is 4.97. The van der Waals surface area contributed by atoms with Crippen molar-refractivity contribution in [2.75, 3.05) is 5.73 Å². The number of benzene rings is 1. The molecule has 2 N–H and O–H groups in total. The summed E-state index contributed by atoms with van der Waals surface area (Å²) in [6.07, 6.45) is 0. The molecule has 0 unspecified atom stereocenters. The number of nitrogen functional groups attached to an aromatic ring is 1. The number of nitrogens with two attached hydrogens (primary N) is 1. The van der Waals surface area contributed by atoms with Crippen molar-refractivity contribution in [1.82, 2.24) is 15.4 Å². The molecule has 0 spiro atoms. The molecule has 0 aliphatic rings. The molecular weight excluding hydrogens is 271 g/mol. The Kier molecular flexibility index (Phi) is 3.13. The van der Waals surface area contributed by atoms with Crippen molar-refractivity contribution in [1.29, 1.82) is 0 Å². The Labute approximate surface area is 120 Å². The number of hydrogen-bond acceptors (Lipinski definition) is 5. The molecule has 21 heavy (non-hydrogen) atoms. The van der Waals surface area contributed by atoms with Crippen LogP contribution in [0.25, 0.3) is 22.4 Å². The zero-order chi connectivity index (χ0) is 15.0. The van der Waals surface area contributed by atoms with Crippen LogP contribution in [0.15, 0.2) is 34.9 Å². The number of nitrogens with zero attached hydrogens (tertiary/aromatic N) is 3. The van der Waals surface area contributed by atoms with E-state index in [1.54, 1.807) is 12.1 Å². The number of halogens is 1. The number of hydrogen-bond donors (Lipinski definition) is 1. The molecule has 2 aromatic heterocycles. The molecule has 5 nitrogen and oxygen atoms in total. The van der Waals surface area contributed by atoms with E-state index in [9.17, 15) is 4.39 Å². The topological polar surface area (TPSA) is 77.8 Å². The monoisotopic (exact) mass is 284 g/mol. The number of anilines is 1. The smallest absolute Gasteiger partial charge is 0.230 e. The van der Waals surface area contributed by atoms with Gasteiger partial charge in [-0.15, -0.1) is 0 Å². The van der Waals surface area contributed by atoms with E-state index in [1.807, 2.05) is 19.9 Å². The van der Waals surface area contributed by atoms with Crippen molar-refractivity contribution in [3.05, 3.63) is 47.5 Å². The maximum atomic E-state index is 13.5. The van der Waals surface area contributed by atoms with Gasteiger partial charge in [-0.2, -0.15) is 10.2 Å². The lowest BCUT2D eigenvalue weighted by Crippen LogP contribution is -1.95. The first-order valence-electron chi connectivity index (χ1n) is 6.38. The largest absolute Gasteiger partial charge is 0.367 e. The van der Waals surface area contributed by atoms with Gasteiger partial charge in [0, 0.05) is 5.56 Å². The summed E-state index contributed by atoms with van der Waals surface area (Å²) in [4.78, 5) is 0. The Hall–Kier alpha value is -2.76. The van der Waals surface area contributed by atoms with Crippen LogP contribution in [0.4, 0.5) is 10.3 Å². The normalized spacial score (nSPS) is 10.8. The molecular formula is C15H13FN4O. The van der Waals surface area contributed by atoms with Crippen molar-refractivity contribution >= 4 is 5.88 Å². The van der Waals surface area contributed by atoms with Crippen molar-refractivity contribution in [2.24, 2.45) is 0 Å². The summed E-state index contributed by atoms with van der Waals surface area (Å²) >= 11 is 0. The SMILES string of the molecule is Cc1cc(-c2noc(N)c2-c2cccc(F)c2)c(C)nn1. The van der Waals surface area contributed by atoms with Crippen molar-refractivity contribution in [2.45, 2.75) is 13.8 Å². The third-order valence-electron chi connectivity index (χ3n) is 3.19. The Morgan fingerprint density at radius 2 is 1.95 bits per heavy atom. The van der Waals surface area contributed by atoms with Crippen LogP contribution in [0.1, 0.15) is 11.4 Å². The van der Waals surface area contributed by atoms with Crippen LogP contribution in [-0.2, 0) is 0 Å². The molecule has 0 atom stereocenters. The lowest BCUT2D eigenvalue weighted by Gasteiger charge is -2.05. The first-order chi connectivity index (χ1) is 10.1. The highest BCUT2D eigenvalue weighted by Crippen LogP contribution is 2.37. The quantitative estimate of drug-likeness (QED) is 0.782. The minimum absolute atomic E-state index is 0.143. The van der Waals surface area contributed by atoms with Gasteiger partial charge in [-0.25, -0.2) is 4.39 Å². The standard InChI is InChI=1S/C15H13FN4O/c1-8-6-12(9(2)19-18-8)14-13(15(17)21-20-14)10-4-3-5-11(16)7-10/h3-7H,17H2,1-2H3. The molecule has 0 saturated carbocycles. The van der Waals surface area contributed by atoms with E-state index in [2.05, 4.69) is 15.4 Å². The fourth-order valence-corrected chi connectivity index (χ4v) is 2.20. The summed E-state index contributed by atoms with van der Waals surface area (Å²) in [6, 6.07) is 7.98. The van der Waals surface area contributed by atoms with E-state index in [1.165, 1.54) is 12.1 Å². The van der Waals surface area contributed by atoms with E-state index in [4.69, 9.17) is 10.3 Å². The Bertz CT molecular complexity index is 813. The summed E-state index contributed by atoms with van der Waals surface area (Å²) in [5.41, 5.74) is 9.78. The first-order valence-corrected chi connectivity index (χ1v) is 6.38. The lowest BCUT2D eigenvalue weighted by atomic mass is 10.00. The molecule has 0 radical (unpaired) electrons.